The average molecular weight is 315 g/mol. The minimum atomic E-state index is -4.52. The number of fused-ring (bicyclic) bond motifs is 1. The monoisotopic (exact) mass is 315 g/mol. The van der Waals surface area contributed by atoms with Crippen molar-refractivity contribution in [1.82, 2.24) is 5.32 Å². The van der Waals surface area contributed by atoms with Crippen LogP contribution < -0.4 is 5.32 Å². The first kappa shape index (κ1) is 15.9. The van der Waals surface area contributed by atoms with Crippen molar-refractivity contribution in [2.45, 2.75) is 13.1 Å². The van der Waals surface area contributed by atoms with Gasteiger partial charge in [-0.2, -0.15) is 13.2 Å². The van der Waals surface area contributed by atoms with E-state index in [1.165, 1.54) is 0 Å². The van der Waals surface area contributed by atoms with Crippen LogP contribution in [0.25, 0.3) is 11.0 Å². The number of ether oxygens (including phenoxy) is 1. The van der Waals surface area contributed by atoms with E-state index in [1.54, 1.807) is 36.5 Å². The lowest BCUT2D eigenvalue weighted by atomic mass is 10.1. The molecule has 0 unspecified atom stereocenters. The lowest BCUT2D eigenvalue weighted by molar-refractivity contribution is -0.140. The van der Waals surface area contributed by atoms with Crippen molar-refractivity contribution >= 4 is 22.8 Å². The third-order valence-corrected chi connectivity index (χ3v) is 2.85. The zero-order valence-corrected chi connectivity index (χ0v) is 11.5. The molecule has 0 saturated carbocycles. The SMILES string of the molecule is Cc1c(C(=O)OCC(=O)NCC(F)(F)F)oc2ccccc12. The summed E-state index contributed by atoms with van der Waals surface area (Å²) in [6, 6.07) is 6.91. The first-order valence-corrected chi connectivity index (χ1v) is 6.26. The maximum atomic E-state index is 11.9. The van der Waals surface area contributed by atoms with Crippen LogP contribution in [-0.4, -0.2) is 31.2 Å². The van der Waals surface area contributed by atoms with Gasteiger partial charge in [-0.25, -0.2) is 4.79 Å². The molecule has 1 heterocycles. The fourth-order valence-corrected chi connectivity index (χ4v) is 1.82. The number of alkyl halides is 3. The summed E-state index contributed by atoms with van der Waals surface area (Å²) in [6.07, 6.45) is -4.52. The van der Waals surface area contributed by atoms with Crippen LogP contribution in [0.4, 0.5) is 13.2 Å². The molecule has 0 bridgehead atoms. The summed E-state index contributed by atoms with van der Waals surface area (Å²) < 4.78 is 45.7. The Morgan fingerprint density at radius 2 is 1.95 bits per heavy atom. The van der Waals surface area contributed by atoms with Crippen LogP contribution >= 0.6 is 0 Å². The van der Waals surface area contributed by atoms with E-state index in [2.05, 4.69) is 4.74 Å². The van der Waals surface area contributed by atoms with Gasteiger partial charge in [0.25, 0.3) is 5.91 Å². The Bertz CT molecular complexity index is 706. The van der Waals surface area contributed by atoms with Gasteiger partial charge in [0.05, 0.1) is 0 Å². The molecule has 1 N–H and O–H groups in total. The Morgan fingerprint density at radius 1 is 1.27 bits per heavy atom. The summed E-state index contributed by atoms with van der Waals surface area (Å²) in [6.45, 7) is -0.648. The Morgan fingerprint density at radius 3 is 2.59 bits per heavy atom. The maximum absolute atomic E-state index is 11.9. The van der Waals surface area contributed by atoms with E-state index in [9.17, 15) is 22.8 Å². The summed E-state index contributed by atoms with van der Waals surface area (Å²) in [4.78, 5) is 23.0. The first-order valence-electron chi connectivity index (χ1n) is 6.26. The lowest BCUT2D eigenvalue weighted by Gasteiger charge is -2.08. The zero-order valence-electron chi connectivity index (χ0n) is 11.5. The number of nitrogens with one attached hydrogen (secondary N) is 1. The van der Waals surface area contributed by atoms with E-state index >= 15 is 0 Å². The number of esters is 1. The van der Waals surface area contributed by atoms with Gasteiger partial charge >= 0.3 is 12.1 Å². The second kappa shape index (κ2) is 6.08. The average Bonchev–Trinajstić information content (AvgIpc) is 2.80. The molecule has 0 atom stereocenters. The summed E-state index contributed by atoms with van der Waals surface area (Å²) in [5, 5.41) is 2.32. The Hall–Kier alpha value is -2.51. The quantitative estimate of drug-likeness (QED) is 0.881. The number of rotatable bonds is 4. The van der Waals surface area contributed by atoms with Crippen molar-refractivity contribution in [3.8, 4) is 0 Å². The van der Waals surface area contributed by atoms with Gasteiger partial charge in [-0.15, -0.1) is 0 Å². The largest absolute Gasteiger partial charge is 0.450 e. The lowest BCUT2D eigenvalue weighted by Crippen LogP contribution is -2.36. The molecular weight excluding hydrogens is 303 g/mol. The number of carbonyl (C=O) groups is 2. The molecule has 0 aliphatic heterocycles. The van der Waals surface area contributed by atoms with E-state index in [4.69, 9.17) is 4.42 Å². The molecule has 0 aliphatic carbocycles. The van der Waals surface area contributed by atoms with Crippen molar-refractivity contribution in [3.63, 3.8) is 0 Å². The van der Waals surface area contributed by atoms with Crippen LogP contribution in [-0.2, 0) is 9.53 Å². The molecule has 0 saturated heterocycles. The number of para-hydroxylation sites is 1. The summed E-state index contributed by atoms with van der Waals surface area (Å²) in [5.74, 6) is -2.03. The number of carbonyl (C=O) groups excluding carboxylic acids is 2. The van der Waals surface area contributed by atoms with Crippen molar-refractivity contribution in [2.75, 3.05) is 13.2 Å². The predicted molar refractivity (Wildman–Crippen MR) is 70.3 cm³/mol. The molecule has 118 valence electrons. The molecular formula is C14H12F3NO4. The van der Waals surface area contributed by atoms with E-state index in [1.807, 2.05) is 0 Å². The normalized spacial score (nSPS) is 11.5. The second-order valence-electron chi connectivity index (χ2n) is 4.52. The van der Waals surface area contributed by atoms with Crippen LogP contribution in [0.1, 0.15) is 16.1 Å². The highest BCUT2D eigenvalue weighted by Crippen LogP contribution is 2.25. The van der Waals surface area contributed by atoms with Gasteiger partial charge in [0.2, 0.25) is 5.76 Å². The number of aryl methyl sites for hydroxylation is 1. The van der Waals surface area contributed by atoms with Crippen molar-refractivity contribution in [2.24, 2.45) is 0 Å². The number of furan rings is 1. The molecule has 1 aromatic carbocycles. The van der Waals surface area contributed by atoms with Gasteiger partial charge in [-0.1, -0.05) is 18.2 Å². The topological polar surface area (TPSA) is 68.5 Å². The van der Waals surface area contributed by atoms with Crippen LogP contribution in [0.3, 0.4) is 0 Å². The van der Waals surface area contributed by atoms with Crippen molar-refractivity contribution < 1.29 is 31.9 Å². The number of benzene rings is 1. The van der Waals surface area contributed by atoms with E-state index < -0.39 is 31.2 Å². The first-order chi connectivity index (χ1) is 10.3. The van der Waals surface area contributed by atoms with E-state index in [0.29, 0.717) is 11.1 Å². The van der Waals surface area contributed by atoms with Crippen molar-refractivity contribution in [3.05, 3.63) is 35.6 Å². The number of hydrogen-bond acceptors (Lipinski definition) is 4. The fraction of sp³-hybridized carbons (Fsp3) is 0.286. The van der Waals surface area contributed by atoms with Gasteiger partial charge in [-0.3, -0.25) is 4.79 Å². The number of amides is 1. The van der Waals surface area contributed by atoms with Crippen LogP contribution in [0.15, 0.2) is 28.7 Å². The zero-order chi connectivity index (χ0) is 16.3. The molecule has 0 spiro atoms. The summed E-state index contributed by atoms with van der Waals surface area (Å²) in [7, 11) is 0. The smallest absolute Gasteiger partial charge is 0.405 e. The van der Waals surface area contributed by atoms with Gasteiger partial charge in [0.1, 0.15) is 12.1 Å². The van der Waals surface area contributed by atoms with Crippen LogP contribution in [0, 0.1) is 6.92 Å². The summed E-state index contributed by atoms with van der Waals surface area (Å²) >= 11 is 0. The van der Waals surface area contributed by atoms with Gasteiger partial charge in [0, 0.05) is 10.9 Å². The van der Waals surface area contributed by atoms with E-state index in [-0.39, 0.29) is 5.76 Å². The molecule has 2 aromatic rings. The van der Waals surface area contributed by atoms with Gasteiger partial charge < -0.3 is 14.5 Å². The third kappa shape index (κ3) is 3.78. The highest BCUT2D eigenvalue weighted by molar-refractivity contribution is 5.96. The van der Waals surface area contributed by atoms with Crippen molar-refractivity contribution in [1.29, 1.82) is 0 Å². The molecule has 8 heteroatoms. The predicted octanol–water partition coefficient (Wildman–Crippen LogP) is 2.58. The maximum Gasteiger partial charge on any atom is 0.405 e. The fourth-order valence-electron chi connectivity index (χ4n) is 1.82. The van der Waals surface area contributed by atoms with Crippen LogP contribution in [0.5, 0.6) is 0 Å². The molecule has 22 heavy (non-hydrogen) atoms. The molecule has 2 rings (SSSR count). The highest BCUT2D eigenvalue weighted by atomic mass is 19.4. The molecule has 0 fully saturated rings. The second-order valence-corrected chi connectivity index (χ2v) is 4.52. The number of hydrogen-bond donors (Lipinski definition) is 1. The minimum Gasteiger partial charge on any atom is -0.450 e. The Kier molecular flexibility index (Phi) is 4.39. The third-order valence-electron chi connectivity index (χ3n) is 2.85. The van der Waals surface area contributed by atoms with Crippen LogP contribution in [0.2, 0.25) is 0 Å². The molecule has 0 aliphatic rings. The minimum absolute atomic E-state index is 0.0789. The highest BCUT2D eigenvalue weighted by Gasteiger charge is 2.28. The van der Waals surface area contributed by atoms with Gasteiger partial charge in [0.15, 0.2) is 6.61 Å². The molecule has 1 aromatic heterocycles. The van der Waals surface area contributed by atoms with E-state index in [0.717, 1.165) is 5.39 Å². The number of halogens is 3. The molecule has 1 amide bonds. The molecule has 0 radical (unpaired) electrons. The standard InChI is InChI=1S/C14H12F3NO4/c1-8-9-4-2-3-5-10(9)22-12(8)13(20)21-6-11(19)18-7-14(15,16)17/h2-5H,6-7H2,1H3,(H,18,19). The Balaban J connectivity index is 1.97. The Labute approximate surface area is 123 Å². The van der Waals surface area contributed by atoms with Gasteiger partial charge in [-0.05, 0) is 13.0 Å². The molecule has 5 nitrogen and oxygen atoms in total. The summed E-state index contributed by atoms with van der Waals surface area (Å²) in [5.41, 5.74) is 1.02.